The second kappa shape index (κ2) is 7.00. The Kier molecular flexibility index (Phi) is 5.96. The van der Waals surface area contributed by atoms with Crippen molar-refractivity contribution >= 4 is 5.91 Å². The van der Waals surface area contributed by atoms with E-state index in [0.717, 1.165) is 25.9 Å². The molecule has 3 heteroatoms. The zero-order valence-electron chi connectivity index (χ0n) is 11.9. The zero-order chi connectivity index (χ0) is 12.8. The zero-order valence-corrected chi connectivity index (χ0v) is 11.9. The van der Waals surface area contributed by atoms with Crippen LogP contribution in [0.25, 0.3) is 0 Å². The van der Waals surface area contributed by atoms with Gasteiger partial charge >= 0.3 is 0 Å². The minimum absolute atomic E-state index is 0.314. The highest BCUT2D eigenvalue weighted by molar-refractivity contribution is 5.75. The summed E-state index contributed by atoms with van der Waals surface area (Å²) in [6.45, 7) is 8.37. The summed E-state index contributed by atoms with van der Waals surface area (Å²) in [5.41, 5.74) is 0. The molecule has 0 N–H and O–H groups in total. The molecule has 1 heterocycles. The summed E-state index contributed by atoms with van der Waals surface area (Å²) in [5, 5.41) is 0. The van der Waals surface area contributed by atoms with Crippen molar-refractivity contribution in [2.24, 2.45) is 0 Å². The van der Waals surface area contributed by atoms with Gasteiger partial charge in [0.25, 0.3) is 0 Å². The lowest BCUT2D eigenvalue weighted by Gasteiger charge is -2.40. The van der Waals surface area contributed by atoms with E-state index in [0.29, 0.717) is 24.4 Å². The quantitative estimate of drug-likeness (QED) is 0.737. The molecule has 1 aliphatic rings. The van der Waals surface area contributed by atoms with Crippen LogP contribution in [-0.2, 0) is 4.79 Å². The Hall–Kier alpha value is -0.570. The molecule has 0 unspecified atom stereocenters. The van der Waals surface area contributed by atoms with Gasteiger partial charge in [-0.05, 0) is 32.7 Å². The van der Waals surface area contributed by atoms with E-state index < -0.39 is 0 Å². The molecular weight excluding hydrogens is 212 g/mol. The van der Waals surface area contributed by atoms with Crippen molar-refractivity contribution in [2.75, 3.05) is 20.1 Å². The number of carbonyl (C=O) groups is 1. The highest BCUT2D eigenvalue weighted by atomic mass is 16.2. The molecular formula is C14H28N2O. The number of piperidine rings is 1. The van der Waals surface area contributed by atoms with Crippen molar-refractivity contribution in [1.82, 2.24) is 9.80 Å². The number of hydrogen-bond acceptors (Lipinski definition) is 2. The van der Waals surface area contributed by atoms with Gasteiger partial charge in [-0.25, -0.2) is 0 Å². The van der Waals surface area contributed by atoms with E-state index in [1.54, 1.807) is 0 Å². The molecule has 0 aliphatic carbocycles. The average molecular weight is 240 g/mol. The summed E-state index contributed by atoms with van der Waals surface area (Å²) in [6.07, 6.45) is 5.37. The van der Waals surface area contributed by atoms with Gasteiger partial charge in [0.2, 0.25) is 5.91 Å². The fraction of sp³-hybridized carbons (Fsp3) is 0.929. The molecule has 1 amide bonds. The Morgan fingerprint density at radius 2 is 1.76 bits per heavy atom. The third kappa shape index (κ3) is 3.70. The Morgan fingerprint density at radius 1 is 1.24 bits per heavy atom. The van der Waals surface area contributed by atoms with Gasteiger partial charge in [0.05, 0.1) is 0 Å². The van der Waals surface area contributed by atoms with Gasteiger partial charge in [0.15, 0.2) is 0 Å². The van der Waals surface area contributed by atoms with E-state index >= 15 is 0 Å². The average Bonchev–Trinajstić information content (AvgIpc) is 2.39. The van der Waals surface area contributed by atoms with E-state index in [-0.39, 0.29) is 0 Å². The molecule has 0 aromatic heterocycles. The minimum Gasteiger partial charge on any atom is -0.343 e. The molecule has 3 nitrogen and oxygen atoms in total. The van der Waals surface area contributed by atoms with Crippen LogP contribution in [0.4, 0.5) is 0 Å². The van der Waals surface area contributed by atoms with Gasteiger partial charge < -0.3 is 9.80 Å². The first kappa shape index (κ1) is 14.5. The van der Waals surface area contributed by atoms with Crippen molar-refractivity contribution in [3.8, 4) is 0 Å². The third-order valence-corrected chi connectivity index (χ3v) is 4.21. The van der Waals surface area contributed by atoms with Gasteiger partial charge in [-0.1, -0.05) is 20.8 Å². The van der Waals surface area contributed by atoms with Crippen LogP contribution >= 0.6 is 0 Å². The summed E-state index contributed by atoms with van der Waals surface area (Å²) in [6, 6.07) is 1.37. The number of nitrogens with zero attached hydrogens (tertiary/aromatic N) is 2. The summed E-state index contributed by atoms with van der Waals surface area (Å²) in [4.78, 5) is 16.2. The van der Waals surface area contributed by atoms with Crippen LogP contribution < -0.4 is 0 Å². The lowest BCUT2D eigenvalue weighted by Crippen LogP contribution is -2.48. The van der Waals surface area contributed by atoms with Gasteiger partial charge in [-0.15, -0.1) is 0 Å². The predicted molar refractivity (Wildman–Crippen MR) is 72.0 cm³/mol. The number of hydrogen-bond donors (Lipinski definition) is 0. The maximum absolute atomic E-state index is 11.6. The first-order valence-corrected chi connectivity index (χ1v) is 7.13. The van der Waals surface area contributed by atoms with Crippen molar-refractivity contribution in [1.29, 1.82) is 0 Å². The third-order valence-electron chi connectivity index (χ3n) is 4.21. The Bertz CT molecular complexity index is 230. The summed E-state index contributed by atoms with van der Waals surface area (Å²) in [5.74, 6) is 0.314. The van der Waals surface area contributed by atoms with Crippen LogP contribution in [0.3, 0.4) is 0 Å². The highest BCUT2D eigenvalue weighted by Gasteiger charge is 2.26. The molecule has 17 heavy (non-hydrogen) atoms. The maximum Gasteiger partial charge on any atom is 0.222 e. The van der Waals surface area contributed by atoms with E-state index in [1.165, 1.54) is 12.8 Å². The standard InChI is InChI=1S/C14H28N2O/c1-5-12(6-2)15(4)13-8-10-16(11-9-13)14(17)7-3/h12-13H,5-11H2,1-4H3. The molecule has 0 bridgehead atoms. The van der Waals surface area contributed by atoms with Crippen molar-refractivity contribution in [2.45, 2.75) is 65.0 Å². The second-order valence-electron chi connectivity index (χ2n) is 5.10. The van der Waals surface area contributed by atoms with Crippen molar-refractivity contribution < 1.29 is 4.79 Å². The van der Waals surface area contributed by atoms with Crippen LogP contribution in [0.5, 0.6) is 0 Å². The van der Waals surface area contributed by atoms with E-state index in [1.807, 2.05) is 11.8 Å². The second-order valence-corrected chi connectivity index (χ2v) is 5.10. The van der Waals surface area contributed by atoms with Crippen LogP contribution in [-0.4, -0.2) is 47.9 Å². The summed E-state index contributed by atoms with van der Waals surface area (Å²) in [7, 11) is 2.25. The maximum atomic E-state index is 11.6. The topological polar surface area (TPSA) is 23.6 Å². The number of carbonyl (C=O) groups excluding carboxylic acids is 1. The van der Waals surface area contributed by atoms with Crippen molar-refractivity contribution in [3.05, 3.63) is 0 Å². The molecule has 0 radical (unpaired) electrons. The molecule has 0 aromatic rings. The van der Waals surface area contributed by atoms with Gasteiger partial charge in [0.1, 0.15) is 0 Å². The Labute approximate surface area is 106 Å². The monoisotopic (exact) mass is 240 g/mol. The molecule has 0 saturated carbocycles. The minimum atomic E-state index is 0.314. The Balaban J connectivity index is 2.43. The largest absolute Gasteiger partial charge is 0.343 e. The predicted octanol–water partition coefficient (Wildman–Crippen LogP) is 2.51. The molecule has 0 atom stereocenters. The van der Waals surface area contributed by atoms with Gasteiger partial charge in [-0.3, -0.25) is 4.79 Å². The molecule has 1 aliphatic heterocycles. The van der Waals surface area contributed by atoms with Crippen LogP contribution in [0.2, 0.25) is 0 Å². The normalized spacial score (nSPS) is 18.1. The first-order chi connectivity index (χ1) is 8.13. The van der Waals surface area contributed by atoms with Crippen molar-refractivity contribution in [3.63, 3.8) is 0 Å². The lowest BCUT2D eigenvalue weighted by atomic mass is 10.00. The lowest BCUT2D eigenvalue weighted by molar-refractivity contribution is -0.132. The van der Waals surface area contributed by atoms with E-state index in [4.69, 9.17) is 0 Å². The first-order valence-electron chi connectivity index (χ1n) is 7.13. The molecule has 0 spiro atoms. The summed E-state index contributed by atoms with van der Waals surface area (Å²) < 4.78 is 0. The summed E-state index contributed by atoms with van der Waals surface area (Å²) >= 11 is 0. The molecule has 1 fully saturated rings. The van der Waals surface area contributed by atoms with E-state index in [9.17, 15) is 4.79 Å². The highest BCUT2D eigenvalue weighted by Crippen LogP contribution is 2.20. The molecule has 1 saturated heterocycles. The van der Waals surface area contributed by atoms with E-state index in [2.05, 4.69) is 25.8 Å². The van der Waals surface area contributed by atoms with Crippen LogP contribution in [0.15, 0.2) is 0 Å². The molecule has 1 rings (SSSR count). The number of rotatable bonds is 5. The van der Waals surface area contributed by atoms with Gasteiger partial charge in [-0.2, -0.15) is 0 Å². The fourth-order valence-corrected chi connectivity index (χ4v) is 2.91. The van der Waals surface area contributed by atoms with Gasteiger partial charge in [0, 0.05) is 31.6 Å². The smallest absolute Gasteiger partial charge is 0.222 e. The molecule has 0 aromatic carbocycles. The van der Waals surface area contributed by atoms with Crippen LogP contribution in [0.1, 0.15) is 52.9 Å². The SMILES string of the molecule is CCC(=O)N1CCC(N(C)C(CC)CC)CC1. The molecule has 100 valence electrons. The van der Waals surface area contributed by atoms with Crippen LogP contribution in [0, 0.1) is 0 Å². The number of amides is 1. The Morgan fingerprint density at radius 3 is 2.18 bits per heavy atom. The fourth-order valence-electron chi connectivity index (χ4n) is 2.91. The number of likely N-dealkylation sites (tertiary alicyclic amines) is 1.